The van der Waals surface area contributed by atoms with Gasteiger partial charge in [-0.1, -0.05) is 61.8 Å². The van der Waals surface area contributed by atoms with E-state index in [-0.39, 0.29) is 30.7 Å². The van der Waals surface area contributed by atoms with Gasteiger partial charge in [0.25, 0.3) is 5.91 Å². The zero-order valence-electron chi connectivity index (χ0n) is 21.0. The number of halogens is 1. The maximum Gasteiger partial charge on any atom is 0.258 e. The lowest BCUT2D eigenvalue weighted by Gasteiger charge is -2.29. The van der Waals surface area contributed by atoms with Crippen molar-refractivity contribution in [2.45, 2.75) is 46.2 Å². The molecule has 0 unspecified atom stereocenters. The summed E-state index contributed by atoms with van der Waals surface area (Å²) in [7, 11) is 0. The summed E-state index contributed by atoms with van der Waals surface area (Å²) < 4.78 is 0. The molecule has 3 aromatic rings. The summed E-state index contributed by atoms with van der Waals surface area (Å²) in [5, 5.41) is 5.51. The summed E-state index contributed by atoms with van der Waals surface area (Å²) >= 11 is 6.16. The maximum atomic E-state index is 13.4. The smallest absolute Gasteiger partial charge is 0.258 e. The van der Waals surface area contributed by atoms with Gasteiger partial charge in [0.2, 0.25) is 11.8 Å². The fraction of sp³-hybridized carbons (Fsp3) is 0.345. The third kappa shape index (κ3) is 5.54. The van der Waals surface area contributed by atoms with Crippen LogP contribution in [0.15, 0.2) is 60.7 Å². The van der Waals surface area contributed by atoms with E-state index < -0.39 is 6.04 Å². The molecule has 0 aliphatic carbocycles. The monoisotopic (exact) mass is 505 g/mol. The number of carbonyl (C=O) groups is 3. The molecule has 0 saturated carbocycles. The van der Waals surface area contributed by atoms with Crippen molar-refractivity contribution in [1.29, 1.82) is 0 Å². The van der Waals surface area contributed by atoms with Crippen LogP contribution < -0.4 is 10.2 Å². The van der Waals surface area contributed by atoms with Gasteiger partial charge in [0.05, 0.1) is 5.69 Å². The van der Waals surface area contributed by atoms with Crippen molar-refractivity contribution in [3.8, 4) is 0 Å². The first-order chi connectivity index (χ1) is 17.3. The van der Waals surface area contributed by atoms with Crippen LogP contribution in [0.1, 0.15) is 49.5 Å². The van der Waals surface area contributed by atoms with Crippen LogP contribution >= 0.6 is 11.6 Å². The molecule has 188 valence electrons. The maximum absolute atomic E-state index is 13.4. The topological polar surface area (TPSA) is 69.7 Å². The quantitative estimate of drug-likeness (QED) is 0.400. The molecule has 1 aliphatic rings. The van der Waals surface area contributed by atoms with E-state index in [2.05, 4.69) is 5.32 Å². The minimum atomic E-state index is -0.637. The van der Waals surface area contributed by atoms with Gasteiger partial charge in [-0.05, 0) is 54.5 Å². The molecule has 1 aliphatic heterocycles. The Kier molecular flexibility index (Phi) is 7.94. The van der Waals surface area contributed by atoms with Gasteiger partial charge in [0.1, 0.15) is 6.04 Å². The third-order valence-electron chi connectivity index (χ3n) is 6.52. The van der Waals surface area contributed by atoms with Crippen LogP contribution in [0.2, 0.25) is 5.02 Å². The van der Waals surface area contributed by atoms with Crippen molar-refractivity contribution in [1.82, 2.24) is 10.2 Å². The Hall–Kier alpha value is -3.38. The summed E-state index contributed by atoms with van der Waals surface area (Å²) in [6, 6.07) is 18.3. The number of amides is 3. The number of hydrogen-bond donors (Lipinski definition) is 1. The molecule has 0 spiro atoms. The van der Waals surface area contributed by atoms with Crippen LogP contribution in [0.3, 0.4) is 0 Å². The molecule has 3 aromatic carbocycles. The number of nitrogens with one attached hydrogen (secondary N) is 1. The Morgan fingerprint density at radius 3 is 2.47 bits per heavy atom. The number of anilines is 1. The number of hydrogen-bond acceptors (Lipinski definition) is 3. The van der Waals surface area contributed by atoms with Crippen molar-refractivity contribution in [3.05, 3.63) is 76.8 Å². The fourth-order valence-electron chi connectivity index (χ4n) is 4.60. The molecule has 0 bridgehead atoms. The van der Waals surface area contributed by atoms with Gasteiger partial charge in [0.15, 0.2) is 0 Å². The van der Waals surface area contributed by atoms with Crippen LogP contribution in [0.25, 0.3) is 10.8 Å². The van der Waals surface area contributed by atoms with Gasteiger partial charge in [0, 0.05) is 42.0 Å². The highest BCUT2D eigenvalue weighted by Crippen LogP contribution is 2.37. The number of carbonyl (C=O) groups excluding carboxylic acids is 3. The highest BCUT2D eigenvalue weighted by molar-refractivity contribution is 6.30. The fourth-order valence-corrected chi connectivity index (χ4v) is 4.81. The van der Waals surface area contributed by atoms with Crippen LogP contribution in [0.4, 0.5) is 5.69 Å². The Labute approximate surface area is 217 Å². The average Bonchev–Trinajstić information content (AvgIpc) is 3.13. The number of nitrogens with zero attached hydrogens (tertiary/aromatic N) is 2. The van der Waals surface area contributed by atoms with Crippen LogP contribution in [0.5, 0.6) is 0 Å². The standard InChI is InChI=1S/C29H32ClN3O3/c1-19(2)17-31-28(35)20(3)33(18-21-8-4-11-23(30)16-21)26(34)14-7-15-32-25-13-6-10-22-9-5-12-24(27(22)25)29(32)36/h4-6,8-13,16,19-20H,7,14-15,17-18H2,1-3H3,(H,31,35)/t20-/m1/s1. The van der Waals surface area contributed by atoms with Crippen molar-refractivity contribution in [3.63, 3.8) is 0 Å². The van der Waals surface area contributed by atoms with E-state index in [0.29, 0.717) is 36.0 Å². The Morgan fingerprint density at radius 1 is 1.03 bits per heavy atom. The van der Waals surface area contributed by atoms with Crippen molar-refractivity contribution < 1.29 is 14.4 Å². The van der Waals surface area contributed by atoms with Gasteiger partial charge in [-0.15, -0.1) is 0 Å². The Balaban J connectivity index is 1.45. The van der Waals surface area contributed by atoms with E-state index in [1.807, 2.05) is 62.4 Å². The molecule has 36 heavy (non-hydrogen) atoms. The van der Waals surface area contributed by atoms with Crippen LogP contribution in [-0.4, -0.2) is 41.8 Å². The predicted molar refractivity (Wildman–Crippen MR) is 144 cm³/mol. The van der Waals surface area contributed by atoms with Gasteiger partial charge in [-0.2, -0.15) is 0 Å². The molecular formula is C29H32ClN3O3. The van der Waals surface area contributed by atoms with Gasteiger partial charge < -0.3 is 15.1 Å². The van der Waals surface area contributed by atoms with Crippen molar-refractivity contribution in [2.24, 2.45) is 5.92 Å². The molecule has 1 N–H and O–H groups in total. The third-order valence-corrected chi connectivity index (χ3v) is 6.75. The second kappa shape index (κ2) is 11.1. The largest absolute Gasteiger partial charge is 0.354 e. The van der Waals surface area contributed by atoms with Gasteiger partial charge in [-0.25, -0.2) is 0 Å². The predicted octanol–water partition coefficient (Wildman–Crippen LogP) is 5.42. The molecule has 1 atom stereocenters. The SMILES string of the molecule is CC(C)CNC(=O)[C@@H](C)N(Cc1cccc(Cl)c1)C(=O)CCCN1C(=O)c2cccc3cccc1c23. The summed E-state index contributed by atoms with van der Waals surface area (Å²) in [5.74, 6) is -0.0447. The van der Waals surface area contributed by atoms with E-state index >= 15 is 0 Å². The average molecular weight is 506 g/mol. The van der Waals surface area contributed by atoms with E-state index in [9.17, 15) is 14.4 Å². The van der Waals surface area contributed by atoms with Crippen molar-refractivity contribution in [2.75, 3.05) is 18.0 Å². The second-order valence-corrected chi connectivity index (χ2v) is 10.1. The zero-order chi connectivity index (χ0) is 25.8. The molecule has 0 aromatic heterocycles. The van der Waals surface area contributed by atoms with Crippen LogP contribution in [0, 0.1) is 5.92 Å². The van der Waals surface area contributed by atoms with E-state index in [4.69, 9.17) is 11.6 Å². The molecule has 0 fully saturated rings. The Morgan fingerprint density at radius 2 is 1.75 bits per heavy atom. The number of rotatable bonds is 10. The normalized spacial score (nSPS) is 13.4. The highest BCUT2D eigenvalue weighted by atomic mass is 35.5. The van der Waals surface area contributed by atoms with E-state index in [1.165, 1.54) is 0 Å². The summed E-state index contributed by atoms with van der Waals surface area (Å²) in [6.45, 7) is 7.06. The lowest BCUT2D eigenvalue weighted by Crippen LogP contribution is -2.48. The first-order valence-corrected chi connectivity index (χ1v) is 12.8. The minimum Gasteiger partial charge on any atom is -0.354 e. The lowest BCUT2D eigenvalue weighted by molar-refractivity contribution is -0.140. The van der Waals surface area contributed by atoms with Crippen LogP contribution in [-0.2, 0) is 16.1 Å². The first-order valence-electron chi connectivity index (χ1n) is 12.4. The van der Waals surface area contributed by atoms with Crippen molar-refractivity contribution >= 4 is 45.8 Å². The summed E-state index contributed by atoms with van der Waals surface area (Å²) in [6.07, 6.45) is 0.708. The molecule has 7 heteroatoms. The first kappa shape index (κ1) is 25.7. The molecule has 4 rings (SSSR count). The van der Waals surface area contributed by atoms with E-state index in [1.54, 1.807) is 28.9 Å². The molecule has 6 nitrogen and oxygen atoms in total. The summed E-state index contributed by atoms with van der Waals surface area (Å²) in [4.78, 5) is 42.6. The molecule has 0 radical (unpaired) electrons. The molecule has 1 heterocycles. The zero-order valence-corrected chi connectivity index (χ0v) is 21.7. The van der Waals surface area contributed by atoms with E-state index in [0.717, 1.165) is 22.0 Å². The molecular weight excluding hydrogens is 474 g/mol. The highest BCUT2D eigenvalue weighted by Gasteiger charge is 2.30. The number of benzene rings is 3. The Bertz CT molecular complexity index is 1280. The minimum absolute atomic E-state index is 0.0357. The second-order valence-electron chi connectivity index (χ2n) is 9.71. The lowest BCUT2D eigenvalue weighted by atomic mass is 10.1. The van der Waals surface area contributed by atoms with Gasteiger partial charge in [-0.3, -0.25) is 14.4 Å². The summed E-state index contributed by atoms with van der Waals surface area (Å²) in [5.41, 5.74) is 2.45. The molecule has 3 amide bonds. The van der Waals surface area contributed by atoms with Gasteiger partial charge >= 0.3 is 0 Å². The molecule has 0 saturated heterocycles.